The van der Waals surface area contributed by atoms with Gasteiger partial charge in [-0.1, -0.05) is 42.3 Å². The van der Waals surface area contributed by atoms with Gasteiger partial charge in [-0.3, -0.25) is 4.79 Å². The van der Waals surface area contributed by atoms with Gasteiger partial charge in [-0.05, 0) is 48.9 Å². The van der Waals surface area contributed by atoms with Crippen molar-refractivity contribution >= 4 is 46.0 Å². The first-order chi connectivity index (χ1) is 15.3. The molecule has 0 saturated carbocycles. The predicted octanol–water partition coefficient (Wildman–Crippen LogP) is 4.62. The molecule has 1 fully saturated rings. The second kappa shape index (κ2) is 8.77. The van der Waals surface area contributed by atoms with Gasteiger partial charge in [0.25, 0.3) is 5.91 Å². The van der Waals surface area contributed by atoms with E-state index in [-0.39, 0.29) is 11.9 Å². The fraction of sp³-hybridized carbons (Fsp3) is 0.333. The number of hydrogen-bond acceptors (Lipinski definition) is 4. The first kappa shape index (κ1) is 22.6. The van der Waals surface area contributed by atoms with Crippen LogP contribution in [0.4, 0.5) is 0 Å². The Balaban J connectivity index is 1.70. The highest BCUT2D eigenvalue weighted by Crippen LogP contribution is 2.35. The van der Waals surface area contributed by atoms with Crippen molar-refractivity contribution in [3.05, 3.63) is 69.3 Å². The lowest BCUT2D eigenvalue weighted by Crippen LogP contribution is -2.48. The molecular formula is C24H25Cl2N3O3. The number of nitrogens with zero attached hydrogens (tertiary/aromatic N) is 2. The number of amides is 1. The Morgan fingerprint density at radius 1 is 1.16 bits per heavy atom. The van der Waals surface area contributed by atoms with E-state index in [1.165, 1.54) is 7.11 Å². The van der Waals surface area contributed by atoms with Crippen LogP contribution in [-0.2, 0) is 17.3 Å². The second-order valence-corrected chi connectivity index (χ2v) is 8.89. The first-order valence-electron chi connectivity index (χ1n) is 10.5. The number of esters is 1. The lowest BCUT2D eigenvalue weighted by Gasteiger charge is -2.31. The number of aryl methyl sites for hydroxylation is 1. The van der Waals surface area contributed by atoms with Crippen LogP contribution in [-0.4, -0.2) is 48.1 Å². The predicted molar refractivity (Wildman–Crippen MR) is 127 cm³/mol. The highest BCUT2D eigenvalue weighted by Gasteiger charge is 2.41. The van der Waals surface area contributed by atoms with Crippen molar-refractivity contribution in [2.75, 3.05) is 26.7 Å². The van der Waals surface area contributed by atoms with Crippen molar-refractivity contribution in [2.24, 2.45) is 7.05 Å². The van der Waals surface area contributed by atoms with Gasteiger partial charge >= 0.3 is 5.97 Å². The summed E-state index contributed by atoms with van der Waals surface area (Å²) in [6.45, 7) is 4.54. The third-order valence-corrected chi connectivity index (χ3v) is 7.17. The highest BCUT2D eigenvalue weighted by atomic mass is 35.5. The molecule has 1 amide bonds. The van der Waals surface area contributed by atoms with E-state index in [1.54, 1.807) is 24.3 Å². The summed E-state index contributed by atoms with van der Waals surface area (Å²) >= 11 is 12.5. The van der Waals surface area contributed by atoms with Gasteiger partial charge in [0.2, 0.25) is 0 Å². The fourth-order valence-corrected chi connectivity index (χ4v) is 4.84. The number of hydrogen-bond donors (Lipinski definition) is 1. The van der Waals surface area contributed by atoms with Crippen LogP contribution in [0.25, 0.3) is 10.9 Å². The SMILES string of the molecule is CCN1CCC(NC(=O)c2cc3c(Cl)c(Cl)ccc3n2C)(c2ccc(C(=O)OC)cc2)C1. The lowest BCUT2D eigenvalue weighted by atomic mass is 9.88. The molecule has 1 aliphatic heterocycles. The number of likely N-dealkylation sites (N-methyl/N-ethyl adjacent to an activating group) is 1. The number of likely N-dealkylation sites (tertiary alicyclic amines) is 1. The van der Waals surface area contributed by atoms with Crippen LogP contribution >= 0.6 is 23.2 Å². The fourth-order valence-electron chi connectivity index (χ4n) is 4.46. The molecule has 3 aromatic rings. The summed E-state index contributed by atoms with van der Waals surface area (Å²) in [6, 6.07) is 12.6. The molecule has 4 rings (SSSR count). The zero-order chi connectivity index (χ0) is 23.0. The molecule has 0 spiro atoms. The standard InChI is InChI=1S/C24H25Cl2N3O3/c1-4-29-12-11-24(14-29,16-7-5-15(6-8-16)23(31)32-3)27-22(30)20-13-17-19(28(20)2)10-9-18(25)21(17)26/h5-10,13H,4,11-12,14H2,1-3H3,(H,27,30). The molecular weight excluding hydrogens is 449 g/mol. The van der Waals surface area contributed by atoms with E-state index in [0.717, 1.165) is 36.0 Å². The number of carbonyl (C=O) groups excluding carboxylic acids is 2. The number of methoxy groups -OCH3 is 1. The Kier molecular flexibility index (Phi) is 6.21. The number of rotatable bonds is 5. The lowest BCUT2D eigenvalue weighted by molar-refractivity contribution is 0.0600. The Labute approximate surface area is 197 Å². The van der Waals surface area contributed by atoms with E-state index >= 15 is 0 Å². The molecule has 1 aliphatic rings. The normalized spacial score (nSPS) is 18.8. The average Bonchev–Trinajstić information content (AvgIpc) is 3.38. The summed E-state index contributed by atoms with van der Waals surface area (Å²) in [5.74, 6) is -0.576. The maximum Gasteiger partial charge on any atom is 0.337 e. The maximum atomic E-state index is 13.5. The summed E-state index contributed by atoms with van der Waals surface area (Å²) in [5, 5.41) is 4.92. The van der Waals surface area contributed by atoms with Crippen molar-refractivity contribution in [3.8, 4) is 0 Å². The zero-order valence-electron chi connectivity index (χ0n) is 18.2. The van der Waals surface area contributed by atoms with Crippen LogP contribution < -0.4 is 5.32 Å². The largest absolute Gasteiger partial charge is 0.465 e. The van der Waals surface area contributed by atoms with Gasteiger partial charge in [0, 0.05) is 31.0 Å². The molecule has 1 unspecified atom stereocenters. The van der Waals surface area contributed by atoms with Crippen LogP contribution in [0.3, 0.4) is 0 Å². The number of carbonyl (C=O) groups is 2. The number of aromatic nitrogens is 1. The number of fused-ring (bicyclic) bond motifs is 1. The minimum atomic E-state index is -0.570. The van der Waals surface area contributed by atoms with Crippen LogP contribution in [0.1, 0.15) is 39.8 Å². The quantitative estimate of drug-likeness (QED) is 0.548. The van der Waals surface area contributed by atoms with Gasteiger partial charge < -0.3 is 19.5 Å². The van der Waals surface area contributed by atoms with E-state index in [1.807, 2.05) is 29.8 Å². The van der Waals surface area contributed by atoms with Crippen molar-refractivity contribution in [3.63, 3.8) is 0 Å². The smallest absolute Gasteiger partial charge is 0.337 e. The van der Waals surface area contributed by atoms with Gasteiger partial charge in [-0.15, -0.1) is 0 Å². The molecule has 32 heavy (non-hydrogen) atoms. The minimum Gasteiger partial charge on any atom is -0.465 e. The van der Waals surface area contributed by atoms with Gasteiger partial charge in [-0.2, -0.15) is 0 Å². The van der Waals surface area contributed by atoms with E-state index in [4.69, 9.17) is 27.9 Å². The molecule has 2 aromatic carbocycles. The molecule has 1 atom stereocenters. The van der Waals surface area contributed by atoms with E-state index in [0.29, 0.717) is 27.8 Å². The van der Waals surface area contributed by atoms with E-state index in [9.17, 15) is 9.59 Å². The van der Waals surface area contributed by atoms with Crippen LogP contribution in [0.2, 0.25) is 10.0 Å². The van der Waals surface area contributed by atoms with Gasteiger partial charge in [0.1, 0.15) is 5.69 Å². The molecule has 1 saturated heterocycles. The Morgan fingerprint density at radius 2 is 1.88 bits per heavy atom. The molecule has 0 radical (unpaired) electrons. The third-order valence-electron chi connectivity index (χ3n) is 6.35. The average molecular weight is 474 g/mol. The molecule has 6 nitrogen and oxygen atoms in total. The van der Waals surface area contributed by atoms with E-state index < -0.39 is 5.54 Å². The molecule has 168 valence electrons. The Morgan fingerprint density at radius 3 is 2.50 bits per heavy atom. The van der Waals surface area contributed by atoms with Crippen molar-refractivity contribution in [1.82, 2.24) is 14.8 Å². The molecule has 0 aliphatic carbocycles. The minimum absolute atomic E-state index is 0.189. The molecule has 1 aromatic heterocycles. The van der Waals surface area contributed by atoms with Gasteiger partial charge in [-0.25, -0.2) is 4.79 Å². The molecule has 2 heterocycles. The second-order valence-electron chi connectivity index (χ2n) is 8.11. The molecule has 8 heteroatoms. The topological polar surface area (TPSA) is 63.6 Å². The third kappa shape index (κ3) is 3.87. The van der Waals surface area contributed by atoms with Gasteiger partial charge in [0.05, 0.1) is 28.3 Å². The van der Waals surface area contributed by atoms with Crippen molar-refractivity contribution in [2.45, 2.75) is 18.9 Å². The Hall–Kier alpha value is -2.54. The van der Waals surface area contributed by atoms with Crippen molar-refractivity contribution in [1.29, 1.82) is 0 Å². The molecule has 0 bridgehead atoms. The first-order valence-corrected chi connectivity index (χ1v) is 11.2. The number of halogens is 2. The van der Waals surface area contributed by atoms with E-state index in [2.05, 4.69) is 17.1 Å². The summed E-state index contributed by atoms with van der Waals surface area (Å²) in [4.78, 5) is 27.6. The maximum absolute atomic E-state index is 13.5. The van der Waals surface area contributed by atoms with Crippen molar-refractivity contribution < 1.29 is 14.3 Å². The number of benzene rings is 2. The Bertz CT molecular complexity index is 1190. The molecule has 1 N–H and O–H groups in total. The monoisotopic (exact) mass is 473 g/mol. The van der Waals surface area contributed by atoms with Crippen LogP contribution in [0.5, 0.6) is 0 Å². The summed E-state index contributed by atoms with van der Waals surface area (Å²) < 4.78 is 6.63. The highest BCUT2D eigenvalue weighted by molar-refractivity contribution is 6.45. The van der Waals surface area contributed by atoms with Gasteiger partial charge in [0.15, 0.2) is 0 Å². The summed E-state index contributed by atoms with van der Waals surface area (Å²) in [5.41, 5.74) is 2.20. The number of nitrogens with one attached hydrogen (secondary N) is 1. The van der Waals surface area contributed by atoms with Crippen LogP contribution in [0.15, 0.2) is 42.5 Å². The number of ether oxygens (including phenoxy) is 1. The summed E-state index contributed by atoms with van der Waals surface area (Å²) in [7, 11) is 3.20. The zero-order valence-corrected chi connectivity index (χ0v) is 19.8. The van der Waals surface area contributed by atoms with Crippen LogP contribution in [0, 0.1) is 0 Å². The summed E-state index contributed by atoms with van der Waals surface area (Å²) in [6.07, 6.45) is 0.765.